The molecule has 0 aliphatic rings. The summed E-state index contributed by atoms with van der Waals surface area (Å²) in [4.78, 5) is 21.7. The van der Waals surface area contributed by atoms with Gasteiger partial charge in [0.05, 0.1) is 15.6 Å². The number of hydrogen-bond acceptors (Lipinski definition) is 5. The monoisotopic (exact) mass is 415 g/mol. The molecule has 1 aromatic heterocycles. The van der Waals surface area contributed by atoms with Crippen LogP contribution < -0.4 is 5.43 Å². The maximum Gasteiger partial charge on any atom is 0.271 e. The molecule has 2 rings (SSSR count). The third-order valence-corrected chi connectivity index (χ3v) is 4.07. The van der Waals surface area contributed by atoms with Gasteiger partial charge >= 0.3 is 0 Å². The molecule has 0 bridgehead atoms. The van der Waals surface area contributed by atoms with Gasteiger partial charge in [0.15, 0.2) is 4.67 Å². The number of halogens is 2. The third-order valence-electron chi connectivity index (χ3n) is 2.36. The molecule has 21 heavy (non-hydrogen) atoms. The first-order valence-corrected chi connectivity index (χ1v) is 7.08. The van der Waals surface area contributed by atoms with Crippen molar-refractivity contribution in [1.29, 1.82) is 0 Å². The highest BCUT2D eigenvalue weighted by atomic mass is 79.9. The summed E-state index contributed by atoms with van der Waals surface area (Å²) >= 11 is 6.42. The molecule has 9 heteroatoms. The quantitative estimate of drug-likeness (QED) is 0.468. The highest BCUT2D eigenvalue weighted by Gasteiger charge is 2.09. The Balaban J connectivity index is 1.99. The molecule has 1 heterocycles. The summed E-state index contributed by atoms with van der Waals surface area (Å²) in [6, 6.07) is 6.87. The van der Waals surface area contributed by atoms with Crippen molar-refractivity contribution in [2.75, 3.05) is 0 Å². The molecule has 1 aromatic carbocycles. The number of hydrogen-bond donors (Lipinski definition) is 1. The zero-order valence-electron chi connectivity index (χ0n) is 10.2. The molecule has 7 nitrogen and oxygen atoms in total. The number of amides is 1. The summed E-state index contributed by atoms with van der Waals surface area (Å²) < 4.78 is 6.48. The Morgan fingerprint density at radius 3 is 2.52 bits per heavy atom. The van der Waals surface area contributed by atoms with Gasteiger partial charge < -0.3 is 4.42 Å². The van der Waals surface area contributed by atoms with Gasteiger partial charge in [-0.3, -0.25) is 14.9 Å². The lowest BCUT2D eigenvalue weighted by Gasteiger charge is -1.98. The molecule has 0 aliphatic carbocycles. The molecule has 2 aromatic rings. The minimum atomic E-state index is -0.535. The summed E-state index contributed by atoms with van der Waals surface area (Å²) in [5, 5.41) is 14.2. The second-order valence-corrected chi connectivity index (χ2v) is 5.35. The smallest absolute Gasteiger partial charge is 0.271 e. The highest BCUT2D eigenvalue weighted by molar-refractivity contribution is 9.13. The van der Waals surface area contributed by atoms with Crippen LogP contribution in [0.4, 0.5) is 5.69 Å². The molecule has 0 fully saturated rings. The fourth-order valence-electron chi connectivity index (χ4n) is 1.38. The zero-order chi connectivity index (χ0) is 15.4. The third kappa shape index (κ3) is 3.99. The van der Waals surface area contributed by atoms with E-state index in [1.807, 2.05) is 0 Å². The van der Waals surface area contributed by atoms with E-state index in [-0.39, 0.29) is 11.3 Å². The van der Waals surface area contributed by atoms with Crippen molar-refractivity contribution >= 4 is 49.7 Å². The van der Waals surface area contributed by atoms with Gasteiger partial charge in [-0.05, 0) is 44.0 Å². The van der Waals surface area contributed by atoms with E-state index in [0.29, 0.717) is 10.4 Å². The predicted molar refractivity (Wildman–Crippen MR) is 82.3 cm³/mol. The maximum atomic E-state index is 11.7. The number of rotatable bonds is 4. The molecule has 1 N–H and O–H groups in total. The van der Waals surface area contributed by atoms with E-state index in [1.54, 1.807) is 6.07 Å². The lowest BCUT2D eigenvalue weighted by Crippen LogP contribution is -2.17. The molecular formula is C12H7Br2N3O4. The Morgan fingerprint density at radius 2 is 2.00 bits per heavy atom. The van der Waals surface area contributed by atoms with Crippen LogP contribution >= 0.6 is 31.9 Å². The Labute approximate surface area is 135 Å². The molecule has 0 atom stereocenters. The fraction of sp³-hybridized carbons (Fsp3) is 0. The lowest BCUT2D eigenvalue weighted by molar-refractivity contribution is -0.384. The number of benzene rings is 1. The number of nitrogens with zero attached hydrogens (tertiary/aromatic N) is 2. The summed E-state index contributed by atoms with van der Waals surface area (Å²) in [6.07, 6.45) is 1.33. The van der Waals surface area contributed by atoms with Crippen LogP contribution in [-0.2, 0) is 0 Å². The summed E-state index contributed by atoms with van der Waals surface area (Å²) in [5.74, 6) is -0.0383. The second-order valence-electron chi connectivity index (χ2n) is 3.77. The predicted octanol–water partition coefficient (Wildman–Crippen LogP) is 3.48. The molecule has 0 aliphatic heterocycles. The SMILES string of the molecule is O=C(NN=Cc1cc(Br)c(Br)o1)c1ccc([N+](=O)[O-])cc1. The number of non-ortho nitro benzene ring substituents is 1. The molecule has 108 valence electrons. The topological polar surface area (TPSA) is 97.7 Å². The van der Waals surface area contributed by atoms with E-state index < -0.39 is 10.8 Å². The van der Waals surface area contributed by atoms with E-state index in [2.05, 4.69) is 42.4 Å². The van der Waals surface area contributed by atoms with Gasteiger partial charge in [-0.25, -0.2) is 5.43 Å². The van der Waals surface area contributed by atoms with Gasteiger partial charge in [-0.2, -0.15) is 5.10 Å². The first-order valence-electron chi connectivity index (χ1n) is 5.50. The van der Waals surface area contributed by atoms with E-state index in [1.165, 1.54) is 30.5 Å². The number of carbonyl (C=O) groups is 1. The number of nitro groups is 1. The minimum absolute atomic E-state index is 0.0830. The first kappa shape index (κ1) is 15.4. The van der Waals surface area contributed by atoms with Crippen LogP contribution in [0.1, 0.15) is 16.1 Å². The van der Waals surface area contributed by atoms with Crippen molar-refractivity contribution in [2.45, 2.75) is 0 Å². The van der Waals surface area contributed by atoms with Crippen LogP contribution in [0.2, 0.25) is 0 Å². The average Bonchev–Trinajstić information content (AvgIpc) is 2.77. The van der Waals surface area contributed by atoms with E-state index >= 15 is 0 Å². The van der Waals surface area contributed by atoms with Crippen molar-refractivity contribution in [2.24, 2.45) is 5.10 Å². The van der Waals surface area contributed by atoms with E-state index in [9.17, 15) is 14.9 Å². The number of furan rings is 1. The Bertz CT molecular complexity index is 690. The summed E-state index contributed by atoms with van der Waals surface area (Å²) in [6.45, 7) is 0. The van der Waals surface area contributed by atoms with Crippen molar-refractivity contribution in [1.82, 2.24) is 5.43 Å². The van der Waals surface area contributed by atoms with Crippen LogP contribution in [0, 0.1) is 10.1 Å². The number of carbonyl (C=O) groups excluding carboxylic acids is 1. The van der Waals surface area contributed by atoms with Gasteiger partial charge in [0.25, 0.3) is 11.6 Å². The molecule has 0 saturated heterocycles. The van der Waals surface area contributed by atoms with Crippen LogP contribution in [0.25, 0.3) is 0 Å². The first-order chi connectivity index (χ1) is 9.97. The van der Waals surface area contributed by atoms with Gasteiger partial charge in [-0.15, -0.1) is 0 Å². The van der Waals surface area contributed by atoms with E-state index in [4.69, 9.17) is 4.42 Å². The Kier molecular flexibility index (Phi) is 4.86. The van der Waals surface area contributed by atoms with Crippen molar-refractivity contribution in [3.05, 3.63) is 60.9 Å². The number of hydrazone groups is 1. The van der Waals surface area contributed by atoms with Crippen LogP contribution in [0.15, 0.2) is 49.0 Å². The Morgan fingerprint density at radius 1 is 1.33 bits per heavy atom. The zero-order valence-corrected chi connectivity index (χ0v) is 13.4. The Hall–Kier alpha value is -2.00. The molecule has 0 unspecified atom stereocenters. The largest absolute Gasteiger partial charge is 0.447 e. The molecule has 0 radical (unpaired) electrons. The molecule has 0 saturated carbocycles. The average molecular weight is 417 g/mol. The van der Waals surface area contributed by atoms with E-state index in [0.717, 1.165) is 4.47 Å². The van der Waals surface area contributed by atoms with Crippen molar-refractivity contribution in [3.8, 4) is 0 Å². The summed E-state index contributed by atoms with van der Waals surface area (Å²) in [7, 11) is 0. The van der Waals surface area contributed by atoms with Gasteiger partial charge in [0, 0.05) is 23.8 Å². The maximum absolute atomic E-state index is 11.7. The van der Waals surface area contributed by atoms with Crippen molar-refractivity contribution in [3.63, 3.8) is 0 Å². The van der Waals surface area contributed by atoms with Crippen LogP contribution in [0.5, 0.6) is 0 Å². The van der Waals surface area contributed by atoms with Crippen molar-refractivity contribution < 1.29 is 14.1 Å². The molecule has 0 spiro atoms. The fourth-order valence-corrected chi connectivity index (χ4v) is 1.99. The number of nitrogens with one attached hydrogen (secondary N) is 1. The lowest BCUT2D eigenvalue weighted by atomic mass is 10.2. The van der Waals surface area contributed by atoms with Crippen LogP contribution in [-0.4, -0.2) is 17.0 Å². The van der Waals surface area contributed by atoms with Gasteiger partial charge in [0.2, 0.25) is 0 Å². The highest BCUT2D eigenvalue weighted by Crippen LogP contribution is 2.25. The summed E-state index contributed by atoms with van der Waals surface area (Å²) in [5.41, 5.74) is 2.48. The van der Waals surface area contributed by atoms with Gasteiger partial charge in [-0.1, -0.05) is 0 Å². The minimum Gasteiger partial charge on any atom is -0.447 e. The van der Waals surface area contributed by atoms with Gasteiger partial charge in [0.1, 0.15) is 5.76 Å². The second kappa shape index (κ2) is 6.64. The van der Waals surface area contributed by atoms with Crippen LogP contribution in [0.3, 0.4) is 0 Å². The number of nitro benzene ring substituents is 1. The normalized spacial score (nSPS) is 10.8. The standard InChI is InChI=1S/C12H7Br2N3O4/c13-10-5-9(21-11(10)14)6-15-16-12(18)7-1-3-8(4-2-7)17(19)20/h1-6H,(H,16,18). The molecular weight excluding hydrogens is 410 g/mol. The molecule has 1 amide bonds.